The molecule has 0 radical (unpaired) electrons. The van der Waals surface area contributed by atoms with E-state index in [1.807, 2.05) is 19.1 Å². The Morgan fingerprint density at radius 2 is 2.07 bits per heavy atom. The molecular weight excluding hydrogens is 214 g/mol. The summed E-state index contributed by atoms with van der Waals surface area (Å²) < 4.78 is 11.4. The molecule has 2 fully saturated rings. The Hall–Kier alpha value is -0.970. The van der Waals surface area contributed by atoms with Crippen LogP contribution in [0.15, 0.2) is 12.2 Å². The van der Waals surface area contributed by atoms with E-state index in [9.17, 15) is 13.8 Å². The lowest BCUT2D eigenvalue weighted by Crippen LogP contribution is -2.38. The van der Waals surface area contributed by atoms with E-state index in [0.29, 0.717) is 0 Å². The van der Waals surface area contributed by atoms with Gasteiger partial charge in [0.15, 0.2) is 0 Å². The van der Waals surface area contributed by atoms with Crippen molar-refractivity contribution in [2.45, 2.75) is 16.9 Å². The molecule has 0 aliphatic carbocycles. The van der Waals surface area contributed by atoms with Gasteiger partial charge in [0.1, 0.15) is 0 Å². The molecule has 4 nitrogen and oxygen atoms in total. The van der Waals surface area contributed by atoms with Crippen LogP contribution in [0.2, 0.25) is 0 Å². The molecule has 2 bridgehead atoms. The van der Waals surface area contributed by atoms with Gasteiger partial charge in [-0.1, -0.05) is 12.2 Å². The van der Waals surface area contributed by atoms with Crippen LogP contribution in [-0.4, -0.2) is 38.0 Å². The van der Waals surface area contributed by atoms with E-state index >= 15 is 0 Å². The quantitative estimate of drug-likeness (QED) is 0.419. The molecule has 3 rings (SSSR count). The zero-order valence-electron chi connectivity index (χ0n) is 8.47. The molecule has 1 unspecified atom stereocenters. The van der Waals surface area contributed by atoms with Crippen molar-refractivity contribution < 1.29 is 13.8 Å². The Morgan fingerprint density at radius 1 is 1.40 bits per heavy atom. The van der Waals surface area contributed by atoms with Crippen molar-refractivity contribution in [2.24, 2.45) is 11.8 Å². The van der Waals surface area contributed by atoms with Crippen LogP contribution in [0.1, 0.15) is 6.92 Å². The van der Waals surface area contributed by atoms with Gasteiger partial charge in [-0.25, -0.2) is 0 Å². The summed E-state index contributed by atoms with van der Waals surface area (Å²) in [7, 11) is 0.397. The molecule has 0 aromatic carbocycles. The van der Waals surface area contributed by atoms with Crippen LogP contribution in [-0.2, 0) is 20.4 Å². The van der Waals surface area contributed by atoms with Gasteiger partial charge in [-0.2, -0.15) is 0 Å². The summed E-state index contributed by atoms with van der Waals surface area (Å²) in [5.74, 6) is -1.12. The monoisotopic (exact) mass is 225 g/mol. The summed E-state index contributed by atoms with van der Waals surface area (Å²) in [5, 5.41) is -0.249. The van der Waals surface area contributed by atoms with Gasteiger partial charge in [0, 0.05) is 17.8 Å². The molecule has 2 amide bonds. The molecule has 0 aromatic heterocycles. The second kappa shape index (κ2) is 2.40. The van der Waals surface area contributed by atoms with E-state index in [0.717, 1.165) is 0 Å². The van der Waals surface area contributed by atoms with Gasteiger partial charge in [-0.15, -0.1) is 0 Å². The van der Waals surface area contributed by atoms with Gasteiger partial charge in [0.2, 0.25) is 11.8 Å². The minimum Gasteiger partial charge on any atom is -0.285 e. The summed E-state index contributed by atoms with van der Waals surface area (Å²) in [6.45, 7) is 1.81. The molecule has 80 valence electrons. The van der Waals surface area contributed by atoms with Crippen molar-refractivity contribution in [3.8, 4) is 0 Å². The summed E-state index contributed by atoms with van der Waals surface area (Å²) in [5.41, 5.74) is 0. The van der Waals surface area contributed by atoms with E-state index in [1.165, 1.54) is 11.9 Å². The lowest BCUT2D eigenvalue weighted by atomic mass is 9.78. The van der Waals surface area contributed by atoms with Crippen LogP contribution in [0.5, 0.6) is 0 Å². The highest BCUT2D eigenvalue weighted by atomic mass is 32.2. The Bertz CT molecular complexity index is 444. The van der Waals surface area contributed by atoms with Crippen molar-refractivity contribution in [3.05, 3.63) is 12.2 Å². The standard InChI is InChI=1S/C10H11NO3S/c1-10-4-3-5(15(10)14)6-7(10)9(13)11(2)8(6)12/h3-7H,1-2H3/t5-,6+,7-,10+,15?/m1/s1. The van der Waals surface area contributed by atoms with Gasteiger partial charge in [-0.3, -0.25) is 18.7 Å². The Balaban J connectivity index is 2.19. The van der Waals surface area contributed by atoms with Crippen molar-refractivity contribution in [1.82, 2.24) is 4.90 Å². The second-order valence-corrected chi connectivity index (χ2v) is 6.56. The number of imide groups is 1. The molecule has 3 heterocycles. The van der Waals surface area contributed by atoms with Crippen molar-refractivity contribution in [2.75, 3.05) is 7.05 Å². The highest BCUT2D eigenvalue weighted by molar-refractivity contribution is 7.88. The van der Waals surface area contributed by atoms with Gasteiger partial charge < -0.3 is 0 Å². The highest BCUT2D eigenvalue weighted by Crippen LogP contribution is 2.53. The van der Waals surface area contributed by atoms with Crippen LogP contribution in [0, 0.1) is 11.8 Å². The highest BCUT2D eigenvalue weighted by Gasteiger charge is 2.67. The SMILES string of the molecule is CN1C(=O)[C@H]2[C@H]3C=C[C@@](C)([C@H]2C1=O)S3=O. The number of hydrogen-bond acceptors (Lipinski definition) is 3. The topological polar surface area (TPSA) is 54.5 Å². The lowest BCUT2D eigenvalue weighted by Gasteiger charge is -2.23. The minimum atomic E-state index is -1.11. The predicted molar refractivity (Wildman–Crippen MR) is 54.2 cm³/mol. The van der Waals surface area contributed by atoms with Gasteiger partial charge >= 0.3 is 0 Å². The smallest absolute Gasteiger partial charge is 0.234 e. The summed E-state index contributed by atoms with van der Waals surface area (Å²) in [6.07, 6.45) is 3.68. The Morgan fingerprint density at radius 3 is 2.67 bits per heavy atom. The average Bonchev–Trinajstić information content (AvgIpc) is 2.70. The van der Waals surface area contributed by atoms with Crippen molar-refractivity contribution in [1.29, 1.82) is 0 Å². The first-order valence-corrected chi connectivity index (χ1v) is 6.11. The third-order valence-electron chi connectivity index (χ3n) is 3.84. The van der Waals surface area contributed by atoms with Gasteiger partial charge in [0.25, 0.3) is 0 Å². The molecule has 0 aromatic rings. The van der Waals surface area contributed by atoms with E-state index in [1.54, 1.807) is 0 Å². The maximum atomic E-state index is 12.0. The molecule has 3 aliphatic rings. The maximum absolute atomic E-state index is 12.0. The van der Waals surface area contributed by atoms with E-state index in [2.05, 4.69) is 0 Å². The molecular formula is C10H11NO3S. The second-order valence-electron chi connectivity index (χ2n) is 4.54. The first kappa shape index (κ1) is 9.27. The third kappa shape index (κ3) is 0.782. The van der Waals surface area contributed by atoms with Crippen LogP contribution in [0.25, 0.3) is 0 Å². The Kier molecular flexibility index (Phi) is 1.48. The average molecular weight is 225 g/mol. The molecule has 0 N–H and O–H groups in total. The van der Waals surface area contributed by atoms with E-state index < -0.39 is 21.5 Å². The summed E-state index contributed by atoms with van der Waals surface area (Å²) in [6, 6.07) is 0. The fraction of sp³-hybridized carbons (Fsp3) is 0.600. The van der Waals surface area contributed by atoms with Gasteiger partial charge in [0.05, 0.1) is 21.8 Å². The lowest BCUT2D eigenvalue weighted by molar-refractivity contribution is -0.138. The number of nitrogens with zero attached hydrogens (tertiary/aromatic N) is 1. The third-order valence-corrected chi connectivity index (χ3v) is 6.04. The van der Waals surface area contributed by atoms with Crippen LogP contribution in [0.4, 0.5) is 0 Å². The van der Waals surface area contributed by atoms with Crippen molar-refractivity contribution in [3.63, 3.8) is 0 Å². The van der Waals surface area contributed by atoms with Gasteiger partial charge in [-0.05, 0) is 6.92 Å². The first-order valence-electron chi connectivity index (χ1n) is 4.90. The maximum Gasteiger partial charge on any atom is 0.234 e. The fourth-order valence-electron chi connectivity index (χ4n) is 2.97. The normalized spacial score (nSPS) is 51.7. The first-order chi connectivity index (χ1) is 6.98. The molecule has 0 saturated carbocycles. The Labute approximate surface area is 89.8 Å². The molecule has 2 saturated heterocycles. The zero-order valence-corrected chi connectivity index (χ0v) is 9.28. The van der Waals surface area contributed by atoms with E-state index in [4.69, 9.17) is 0 Å². The summed E-state index contributed by atoms with van der Waals surface area (Å²) in [4.78, 5) is 24.9. The number of rotatable bonds is 0. The number of carbonyl (C=O) groups is 2. The van der Waals surface area contributed by atoms with E-state index in [-0.39, 0.29) is 23.0 Å². The molecule has 0 spiro atoms. The van der Waals surface area contributed by atoms with Crippen LogP contribution in [0.3, 0.4) is 0 Å². The van der Waals surface area contributed by atoms with Crippen LogP contribution >= 0.6 is 0 Å². The summed E-state index contributed by atoms with van der Waals surface area (Å²) >= 11 is 0. The number of hydrogen-bond donors (Lipinski definition) is 0. The number of carbonyl (C=O) groups excluding carboxylic acids is 2. The number of amides is 2. The minimum absolute atomic E-state index is 0.170. The van der Waals surface area contributed by atoms with Crippen molar-refractivity contribution >= 4 is 22.6 Å². The molecule has 5 heteroatoms. The predicted octanol–water partition coefficient (Wildman–Crippen LogP) is -0.323. The number of fused-ring (bicyclic) bond motifs is 5. The fourth-order valence-corrected chi connectivity index (χ4v) is 5.03. The molecule has 3 aliphatic heterocycles. The molecule has 5 atom stereocenters. The largest absolute Gasteiger partial charge is 0.285 e. The number of likely N-dealkylation sites (tertiary alicyclic amines) is 1. The zero-order chi connectivity index (χ0) is 11.0. The molecule has 15 heavy (non-hydrogen) atoms. The van der Waals surface area contributed by atoms with Crippen LogP contribution < -0.4 is 0 Å².